The van der Waals surface area contributed by atoms with E-state index in [1.54, 1.807) is 11.6 Å². The summed E-state index contributed by atoms with van der Waals surface area (Å²) >= 11 is 0. The highest BCUT2D eigenvalue weighted by Crippen LogP contribution is 2.39. The van der Waals surface area contributed by atoms with Crippen LogP contribution in [0, 0.1) is 6.92 Å². The predicted molar refractivity (Wildman–Crippen MR) is 78.4 cm³/mol. The van der Waals surface area contributed by atoms with E-state index in [0.717, 1.165) is 5.56 Å². The summed E-state index contributed by atoms with van der Waals surface area (Å²) in [5, 5.41) is 0. The molecule has 0 aromatic heterocycles. The number of hydrogen-bond acceptors (Lipinski definition) is 2. The van der Waals surface area contributed by atoms with Gasteiger partial charge in [0.05, 0.1) is 21.7 Å². The molecule has 136 valence electrons. The Kier molecular flexibility index (Phi) is 4.77. The fourth-order valence-electron chi connectivity index (χ4n) is 1.97. The van der Waals surface area contributed by atoms with Crippen LogP contribution >= 0.6 is 0 Å². The average molecular weight is 383 g/mol. The molecule has 0 saturated carbocycles. The van der Waals surface area contributed by atoms with Gasteiger partial charge in [0.2, 0.25) is 0 Å². The Hall–Kier alpha value is -2.23. The van der Waals surface area contributed by atoms with Crippen molar-refractivity contribution in [2.24, 2.45) is 0 Å². The molecule has 0 amide bonds. The second-order valence-electron chi connectivity index (χ2n) is 5.17. The van der Waals surface area contributed by atoms with E-state index >= 15 is 0 Å². The monoisotopic (exact) mass is 383 g/mol. The first-order chi connectivity index (χ1) is 11.3. The number of benzene rings is 2. The summed E-state index contributed by atoms with van der Waals surface area (Å²) < 4.78 is 103. The molecule has 0 fully saturated rings. The molecule has 0 saturated heterocycles. The van der Waals surface area contributed by atoms with Crippen molar-refractivity contribution in [1.82, 2.24) is 0 Å². The van der Waals surface area contributed by atoms with Crippen molar-refractivity contribution in [1.29, 1.82) is 0 Å². The second-order valence-corrected chi connectivity index (χ2v) is 6.86. The van der Waals surface area contributed by atoms with Crippen molar-refractivity contribution in [3.8, 4) is 0 Å². The number of halogens is 6. The van der Waals surface area contributed by atoms with Crippen molar-refractivity contribution < 1.29 is 34.8 Å². The molecule has 3 nitrogen and oxygen atoms in total. The van der Waals surface area contributed by atoms with Crippen LogP contribution < -0.4 is 4.72 Å². The lowest BCUT2D eigenvalue weighted by Crippen LogP contribution is -2.18. The van der Waals surface area contributed by atoms with Gasteiger partial charge in [0, 0.05) is 0 Å². The summed E-state index contributed by atoms with van der Waals surface area (Å²) in [6.07, 6.45) is -10.2. The fourth-order valence-corrected chi connectivity index (χ4v) is 3.04. The number of aryl methyl sites for hydroxylation is 1. The van der Waals surface area contributed by atoms with Crippen LogP contribution in [0.4, 0.5) is 32.0 Å². The highest BCUT2D eigenvalue weighted by molar-refractivity contribution is 7.92. The quantitative estimate of drug-likeness (QED) is 0.772. The highest BCUT2D eigenvalue weighted by atomic mass is 32.2. The van der Waals surface area contributed by atoms with E-state index < -0.39 is 39.2 Å². The normalized spacial score (nSPS) is 12.9. The summed E-state index contributed by atoms with van der Waals surface area (Å²) in [4.78, 5) is -0.314. The number of anilines is 1. The third-order valence-electron chi connectivity index (χ3n) is 3.23. The van der Waals surface area contributed by atoms with Gasteiger partial charge >= 0.3 is 12.4 Å². The number of nitrogens with one attached hydrogen (secondary N) is 1. The van der Waals surface area contributed by atoms with Crippen LogP contribution in [0.1, 0.15) is 16.7 Å². The molecule has 0 atom stereocenters. The Balaban J connectivity index is 2.50. The zero-order chi connectivity index (χ0) is 19.0. The van der Waals surface area contributed by atoms with Crippen molar-refractivity contribution in [3.63, 3.8) is 0 Å². The molecule has 2 rings (SSSR count). The van der Waals surface area contributed by atoms with Crippen LogP contribution in [-0.4, -0.2) is 8.42 Å². The van der Waals surface area contributed by atoms with Gasteiger partial charge in [0.15, 0.2) is 0 Å². The Morgan fingerprint density at radius 1 is 0.840 bits per heavy atom. The zero-order valence-electron chi connectivity index (χ0n) is 12.5. The number of alkyl halides is 6. The molecule has 0 radical (unpaired) electrons. The maximum atomic E-state index is 13.0. The SMILES string of the molecule is Cc1ccc(S(=O)(=O)Nc2ccc(C(F)(F)F)cc2C(F)(F)F)cc1. The van der Waals surface area contributed by atoms with Crippen molar-refractivity contribution in [2.75, 3.05) is 4.72 Å². The molecule has 2 aromatic carbocycles. The van der Waals surface area contributed by atoms with Gasteiger partial charge < -0.3 is 0 Å². The Bertz CT molecular complexity index is 870. The minimum absolute atomic E-state index is 0.132. The highest BCUT2D eigenvalue weighted by Gasteiger charge is 2.39. The van der Waals surface area contributed by atoms with E-state index in [-0.39, 0.29) is 11.0 Å². The first-order valence-electron chi connectivity index (χ1n) is 6.68. The molecule has 0 heterocycles. The largest absolute Gasteiger partial charge is 0.418 e. The van der Waals surface area contributed by atoms with Crippen LogP contribution in [0.15, 0.2) is 47.4 Å². The summed E-state index contributed by atoms with van der Waals surface area (Å²) in [7, 11) is -4.39. The van der Waals surface area contributed by atoms with E-state index in [1.807, 2.05) is 0 Å². The van der Waals surface area contributed by atoms with Gasteiger partial charge in [0.25, 0.3) is 10.0 Å². The van der Waals surface area contributed by atoms with Crippen LogP contribution in [0.25, 0.3) is 0 Å². The zero-order valence-corrected chi connectivity index (χ0v) is 13.4. The minimum Gasteiger partial charge on any atom is -0.279 e. The van der Waals surface area contributed by atoms with E-state index in [4.69, 9.17) is 0 Å². The van der Waals surface area contributed by atoms with Gasteiger partial charge in [-0.3, -0.25) is 4.72 Å². The molecule has 0 aliphatic rings. The second kappa shape index (κ2) is 6.25. The van der Waals surface area contributed by atoms with Crippen molar-refractivity contribution in [2.45, 2.75) is 24.2 Å². The van der Waals surface area contributed by atoms with Crippen LogP contribution in [0.2, 0.25) is 0 Å². The molecule has 10 heteroatoms. The number of rotatable bonds is 3. The predicted octanol–water partition coefficient (Wildman–Crippen LogP) is 4.83. The van der Waals surface area contributed by atoms with Gasteiger partial charge in [-0.05, 0) is 37.3 Å². The third-order valence-corrected chi connectivity index (χ3v) is 4.61. The summed E-state index contributed by atoms with van der Waals surface area (Å²) in [6, 6.07) is 5.91. The molecule has 0 aliphatic carbocycles. The first-order valence-corrected chi connectivity index (χ1v) is 8.17. The van der Waals surface area contributed by atoms with E-state index in [1.165, 1.54) is 24.3 Å². The third kappa shape index (κ3) is 4.44. The Morgan fingerprint density at radius 3 is 1.88 bits per heavy atom. The topological polar surface area (TPSA) is 46.2 Å². The maximum Gasteiger partial charge on any atom is 0.418 e. The summed E-state index contributed by atoms with van der Waals surface area (Å²) in [5.41, 5.74) is -3.51. The van der Waals surface area contributed by atoms with Crippen molar-refractivity contribution in [3.05, 3.63) is 59.2 Å². The standard InChI is InChI=1S/C15H11F6NO2S/c1-9-2-5-11(6-3-9)25(23,24)22-13-7-4-10(14(16,17)18)8-12(13)15(19,20)21/h2-8,22H,1H3. The fraction of sp³-hybridized carbons (Fsp3) is 0.200. The van der Waals surface area contributed by atoms with Gasteiger partial charge in [-0.25, -0.2) is 8.42 Å². The summed E-state index contributed by atoms with van der Waals surface area (Å²) in [6.45, 7) is 1.68. The first kappa shape index (κ1) is 19.1. The Morgan fingerprint density at radius 2 is 1.40 bits per heavy atom. The molecule has 0 spiro atoms. The smallest absolute Gasteiger partial charge is 0.279 e. The minimum atomic E-state index is -5.17. The summed E-state index contributed by atoms with van der Waals surface area (Å²) in [5.74, 6) is 0. The van der Waals surface area contributed by atoms with Gasteiger partial charge in [0.1, 0.15) is 0 Å². The molecular weight excluding hydrogens is 372 g/mol. The molecule has 2 aromatic rings. The Labute approximate surface area is 139 Å². The molecule has 0 bridgehead atoms. The lowest BCUT2D eigenvalue weighted by Gasteiger charge is -2.17. The number of sulfonamides is 1. The van der Waals surface area contributed by atoms with Gasteiger partial charge in [-0.1, -0.05) is 17.7 Å². The lowest BCUT2D eigenvalue weighted by molar-refractivity contribution is -0.142. The van der Waals surface area contributed by atoms with E-state index in [0.29, 0.717) is 12.1 Å². The average Bonchev–Trinajstić information content (AvgIpc) is 2.45. The molecule has 25 heavy (non-hydrogen) atoms. The van der Waals surface area contributed by atoms with Crippen LogP contribution in [-0.2, 0) is 22.4 Å². The molecule has 0 aliphatic heterocycles. The number of hydrogen-bond donors (Lipinski definition) is 1. The van der Waals surface area contributed by atoms with Crippen molar-refractivity contribution >= 4 is 15.7 Å². The van der Waals surface area contributed by atoms with Gasteiger partial charge in [-0.15, -0.1) is 0 Å². The van der Waals surface area contributed by atoms with Crippen LogP contribution in [0.3, 0.4) is 0 Å². The molecule has 1 N–H and O–H groups in total. The molecule has 0 unspecified atom stereocenters. The van der Waals surface area contributed by atoms with E-state index in [2.05, 4.69) is 0 Å². The lowest BCUT2D eigenvalue weighted by atomic mass is 10.1. The van der Waals surface area contributed by atoms with Gasteiger partial charge in [-0.2, -0.15) is 26.3 Å². The maximum absolute atomic E-state index is 13.0. The van der Waals surface area contributed by atoms with E-state index in [9.17, 15) is 34.8 Å². The molecular formula is C15H11F6NO2S. The van der Waals surface area contributed by atoms with Crippen LogP contribution in [0.5, 0.6) is 0 Å².